The van der Waals surface area contributed by atoms with Crippen LogP contribution in [0.25, 0.3) is 0 Å². The molecule has 0 spiro atoms. The van der Waals surface area contributed by atoms with Gasteiger partial charge in [-0.05, 0) is 44.7 Å². The van der Waals surface area contributed by atoms with Crippen molar-refractivity contribution in [1.82, 2.24) is 10.2 Å². The summed E-state index contributed by atoms with van der Waals surface area (Å²) in [5.41, 5.74) is 0.472. The Hall–Kier alpha value is -0.0800. The number of likely N-dealkylation sites (tertiary alicyclic amines) is 1. The molecule has 1 aliphatic rings. The number of hydrogen-bond acceptors (Lipinski definition) is 2. The summed E-state index contributed by atoms with van der Waals surface area (Å²) in [6.45, 7) is 15.3. The van der Waals surface area contributed by atoms with Crippen molar-refractivity contribution in [2.75, 3.05) is 19.6 Å². The maximum atomic E-state index is 3.59. The Kier molecular flexibility index (Phi) is 5.26. The van der Waals surface area contributed by atoms with Crippen LogP contribution >= 0.6 is 0 Å². The van der Waals surface area contributed by atoms with E-state index in [4.69, 9.17) is 0 Å². The van der Waals surface area contributed by atoms with E-state index in [1.165, 1.54) is 32.4 Å². The summed E-state index contributed by atoms with van der Waals surface area (Å²) in [5, 5.41) is 3.59. The number of nitrogens with zero attached hydrogens (tertiary/aromatic N) is 1. The lowest BCUT2D eigenvalue weighted by atomic mass is 9.87. The van der Waals surface area contributed by atoms with Gasteiger partial charge in [-0.25, -0.2) is 0 Å². The van der Waals surface area contributed by atoms with Crippen LogP contribution in [0.2, 0.25) is 0 Å². The molecule has 1 saturated heterocycles. The first-order chi connectivity index (χ1) is 7.48. The smallest absolute Gasteiger partial charge is 0.00939 e. The first kappa shape index (κ1) is 14.0. The fourth-order valence-corrected chi connectivity index (χ4v) is 2.59. The van der Waals surface area contributed by atoms with Gasteiger partial charge in [0.2, 0.25) is 0 Å². The highest BCUT2D eigenvalue weighted by atomic mass is 15.2. The molecule has 1 aliphatic heterocycles. The molecule has 2 heteroatoms. The molecule has 0 saturated carbocycles. The highest BCUT2D eigenvalue weighted by Gasteiger charge is 2.28. The van der Waals surface area contributed by atoms with Crippen LogP contribution in [-0.4, -0.2) is 36.6 Å². The quantitative estimate of drug-likeness (QED) is 0.775. The molecule has 1 N–H and O–H groups in total. The minimum absolute atomic E-state index is 0.472. The Morgan fingerprint density at radius 1 is 1.31 bits per heavy atom. The minimum atomic E-state index is 0.472. The number of nitrogens with one attached hydrogen (secondary N) is 1. The second-order valence-electron chi connectivity index (χ2n) is 6.12. The van der Waals surface area contributed by atoms with Gasteiger partial charge in [0.15, 0.2) is 0 Å². The van der Waals surface area contributed by atoms with Crippen LogP contribution < -0.4 is 5.32 Å². The Bertz CT molecular complexity index is 201. The Balaban J connectivity index is 2.41. The average molecular weight is 226 g/mol. The van der Waals surface area contributed by atoms with Gasteiger partial charge < -0.3 is 10.2 Å². The Morgan fingerprint density at radius 2 is 2.00 bits per heavy atom. The second-order valence-corrected chi connectivity index (χ2v) is 6.12. The van der Waals surface area contributed by atoms with Gasteiger partial charge in [0, 0.05) is 18.6 Å². The molecule has 1 rings (SSSR count). The molecule has 1 fully saturated rings. The fraction of sp³-hybridized carbons (Fsp3) is 1.00. The van der Waals surface area contributed by atoms with Crippen LogP contribution in [0.3, 0.4) is 0 Å². The molecule has 2 unspecified atom stereocenters. The SMILES string of the molecule is CCNC1CCN(CC(C)(C)CC)C(C)C1. The fourth-order valence-electron chi connectivity index (χ4n) is 2.59. The van der Waals surface area contributed by atoms with Crippen LogP contribution in [0.15, 0.2) is 0 Å². The van der Waals surface area contributed by atoms with E-state index in [0.29, 0.717) is 5.41 Å². The minimum Gasteiger partial charge on any atom is -0.314 e. The molecule has 0 radical (unpaired) electrons. The molecule has 16 heavy (non-hydrogen) atoms. The van der Waals surface area contributed by atoms with Gasteiger partial charge in [0.05, 0.1) is 0 Å². The van der Waals surface area contributed by atoms with Crippen molar-refractivity contribution in [1.29, 1.82) is 0 Å². The maximum Gasteiger partial charge on any atom is 0.00939 e. The van der Waals surface area contributed by atoms with Crippen LogP contribution in [0.5, 0.6) is 0 Å². The van der Waals surface area contributed by atoms with Crippen LogP contribution in [0.1, 0.15) is 53.9 Å². The topological polar surface area (TPSA) is 15.3 Å². The van der Waals surface area contributed by atoms with E-state index in [1.807, 2.05) is 0 Å². The molecule has 96 valence electrons. The van der Waals surface area contributed by atoms with Gasteiger partial charge >= 0.3 is 0 Å². The maximum absolute atomic E-state index is 3.59. The molecule has 2 atom stereocenters. The van der Waals surface area contributed by atoms with Gasteiger partial charge in [-0.1, -0.05) is 27.7 Å². The van der Waals surface area contributed by atoms with Crippen molar-refractivity contribution in [3.05, 3.63) is 0 Å². The van der Waals surface area contributed by atoms with Crippen molar-refractivity contribution < 1.29 is 0 Å². The summed E-state index contributed by atoms with van der Waals surface area (Å²) < 4.78 is 0. The van der Waals surface area contributed by atoms with Crippen molar-refractivity contribution in [3.8, 4) is 0 Å². The number of piperidine rings is 1. The third kappa shape index (κ3) is 4.06. The highest BCUT2D eigenvalue weighted by molar-refractivity contribution is 4.85. The van der Waals surface area contributed by atoms with Gasteiger partial charge in [0.1, 0.15) is 0 Å². The average Bonchev–Trinajstić information content (AvgIpc) is 2.23. The van der Waals surface area contributed by atoms with E-state index in [0.717, 1.165) is 18.6 Å². The first-order valence-electron chi connectivity index (χ1n) is 6.96. The van der Waals surface area contributed by atoms with E-state index in [2.05, 4.69) is 44.8 Å². The third-order valence-corrected chi connectivity index (χ3v) is 4.09. The van der Waals surface area contributed by atoms with Crippen molar-refractivity contribution in [2.45, 2.75) is 66.0 Å². The van der Waals surface area contributed by atoms with E-state index < -0.39 is 0 Å². The molecular weight excluding hydrogens is 196 g/mol. The summed E-state index contributed by atoms with van der Waals surface area (Å²) in [5.74, 6) is 0. The van der Waals surface area contributed by atoms with E-state index in [-0.39, 0.29) is 0 Å². The lowest BCUT2D eigenvalue weighted by Crippen LogP contribution is -2.49. The van der Waals surface area contributed by atoms with Gasteiger partial charge in [-0.3, -0.25) is 0 Å². The summed E-state index contributed by atoms with van der Waals surface area (Å²) in [7, 11) is 0. The lowest BCUT2D eigenvalue weighted by molar-refractivity contribution is 0.0883. The Labute approximate surface area is 102 Å². The van der Waals surface area contributed by atoms with Gasteiger partial charge in [-0.15, -0.1) is 0 Å². The van der Waals surface area contributed by atoms with E-state index >= 15 is 0 Å². The summed E-state index contributed by atoms with van der Waals surface area (Å²) in [4.78, 5) is 2.68. The highest BCUT2D eigenvalue weighted by Crippen LogP contribution is 2.26. The molecule has 0 amide bonds. The van der Waals surface area contributed by atoms with Gasteiger partial charge in [0.25, 0.3) is 0 Å². The van der Waals surface area contributed by atoms with Crippen molar-refractivity contribution in [2.24, 2.45) is 5.41 Å². The zero-order valence-corrected chi connectivity index (χ0v) is 11.8. The molecule has 1 heterocycles. The van der Waals surface area contributed by atoms with Crippen molar-refractivity contribution in [3.63, 3.8) is 0 Å². The summed E-state index contributed by atoms with van der Waals surface area (Å²) in [6.07, 6.45) is 3.90. The van der Waals surface area contributed by atoms with Crippen molar-refractivity contribution >= 4 is 0 Å². The summed E-state index contributed by atoms with van der Waals surface area (Å²) >= 11 is 0. The van der Waals surface area contributed by atoms with Gasteiger partial charge in [-0.2, -0.15) is 0 Å². The monoisotopic (exact) mass is 226 g/mol. The normalized spacial score (nSPS) is 28.3. The van der Waals surface area contributed by atoms with Crippen LogP contribution in [-0.2, 0) is 0 Å². The lowest BCUT2D eigenvalue weighted by Gasteiger charge is -2.41. The van der Waals surface area contributed by atoms with Crippen LogP contribution in [0.4, 0.5) is 0 Å². The molecule has 0 aliphatic carbocycles. The molecule has 0 aromatic rings. The van der Waals surface area contributed by atoms with E-state index in [1.54, 1.807) is 0 Å². The zero-order chi connectivity index (χ0) is 12.2. The predicted octanol–water partition coefficient (Wildman–Crippen LogP) is 2.89. The summed E-state index contributed by atoms with van der Waals surface area (Å²) in [6, 6.07) is 1.49. The molecule has 0 bridgehead atoms. The molecular formula is C14H30N2. The first-order valence-corrected chi connectivity index (χ1v) is 6.96. The molecule has 2 nitrogen and oxygen atoms in total. The standard InChI is InChI=1S/C14H30N2/c1-6-14(4,5)11-16-9-8-13(15-7-2)10-12(16)3/h12-13,15H,6-11H2,1-5H3. The largest absolute Gasteiger partial charge is 0.314 e. The molecule has 0 aromatic carbocycles. The number of rotatable bonds is 5. The van der Waals surface area contributed by atoms with Crippen LogP contribution in [0, 0.1) is 5.41 Å². The van der Waals surface area contributed by atoms with E-state index in [9.17, 15) is 0 Å². The third-order valence-electron chi connectivity index (χ3n) is 4.09. The second kappa shape index (κ2) is 6.02. The molecule has 0 aromatic heterocycles. The predicted molar refractivity (Wildman–Crippen MR) is 71.8 cm³/mol. The Morgan fingerprint density at radius 3 is 2.50 bits per heavy atom. The zero-order valence-electron chi connectivity index (χ0n) is 11.8. The number of hydrogen-bond donors (Lipinski definition) is 1.